The Morgan fingerprint density at radius 3 is 2.50 bits per heavy atom. The topological polar surface area (TPSA) is 44.1 Å². The van der Waals surface area contributed by atoms with Crippen LogP contribution in [0.25, 0.3) is 6.08 Å². The zero-order chi connectivity index (χ0) is 13.9. The van der Waals surface area contributed by atoms with Crippen LogP contribution < -0.4 is 0 Å². The highest BCUT2D eigenvalue weighted by Crippen LogP contribution is 2.32. The summed E-state index contributed by atoms with van der Waals surface area (Å²) in [6, 6.07) is 16.2. The average Bonchev–Trinajstić information content (AvgIpc) is 2.54. The van der Waals surface area contributed by atoms with Crippen LogP contribution in [-0.2, 0) is 0 Å². The lowest BCUT2D eigenvalue weighted by molar-refractivity contribution is 0.0904. The van der Waals surface area contributed by atoms with E-state index in [9.17, 15) is 10.1 Å². The average molecular weight is 260 g/mol. The van der Waals surface area contributed by atoms with Crippen molar-refractivity contribution in [3.05, 3.63) is 77.5 Å². The summed E-state index contributed by atoms with van der Waals surface area (Å²) in [4.78, 5) is 14.1. The molecule has 0 aliphatic carbocycles. The monoisotopic (exact) mass is 260 g/mol. The largest absolute Gasteiger partial charge is 0.291 e. The SMILES string of the molecule is N#CN1C=Cc2ccccc2C1C(=O)c1ccccc1. The van der Waals surface area contributed by atoms with Crippen LogP contribution in [0.5, 0.6) is 0 Å². The summed E-state index contributed by atoms with van der Waals surface area (Å²) in [5, 5.41) is 9.26. The number of carbonyl (C=O) groups is 1. The Morgan fingerprint density at radius 1 is 1.05 bits per heavy atom. The molecule has 0 bridgehead atoms. The molecule has 1 heterocycles. The van der Waals surface area contributed by atoms with E-state index in [-0.39, 0.29) is 5.78 Å². The second kappa shape index (κ2) is 5.02. The fourth-order valence-electron chi connectivity index (χ4n) is 2.43. The number of ketones is 1. The van der Waals surface area contributed by atoms with Crippen LogP contribution in [-0.4, -0.2) is 10.7 Å². The Balaban J connectivity index is 2.09. The minimum absolute atomic E-state index is 0.0658. The maximum atomic E-state index is 12.7. The molecule has 1 aliphatic heterocycles. The molecule has 0 aromatic heterocycles. The van der Waals surface area contributed by atoms with Crippen LogP contribution >= 0.6 is 0 Å². The molecule has 3 heteroatoms. The quantitative estimate of drug-likeness (QED) is 0.614. The van der Waals surface area contributed by atoms with Gasteiger partial charge in [0.05, 0.1) is 0 Å². The predicted molar refractivity (Wildman–Crippen MR) is 76.4 cm³/mol. The van der Waals surface area contributed by atoms with Gasteiger partial charge in [0.25, 0.3) is 0 Å². The number of fused-ring (bicyclic) bond motifs is 1. The fraction of sp³-hybridized carbons (Fsp3) is 0.0588. The second-order valence-electron chi connectivity index (χ2n) is 4.58. The standard InChI is InChI=1S/C17H12N2O/c18-12-19-11-10-13-6-4-5-9-15(13)16(19)17(20)14-7-2-1-3-8-14/h1-11,16H. The Labute approximate surface area is 117 Å². The maximum Gasteiger partial charge on any atom is 0.190 e. The van der Waals surface area contributed by atoms with Gasteiger partial charge in [-0.05, 0) is 17.2 Å². The summed E-state index contributed by atoms with van der Waals surface area (Å²) in [6.45, 7) is 0. The van der Waals surface area contributed by atoms with Crippen LogP contribution in [0, 0.1) is 11.5 Å². The molecule has 2 aromatic carbocycles. The molecule has 2 aromatic rings. The third kappa shape index (κ3) is 1.98. The zero-order valence-electron chi connectivity index (χ0n) is 10.7. The highest BCUT2D eigenvalue weighted by Gasteiger charge is 2.30. The Bertz CT molecular complexity index is 713. The van der Waals surface area contributed by atoms with E-state index in [1.807, 2.05) is 48.5 Å². The van der Waals surface area contributed by atoms with E-state index in [0.717, 1.165) is 11.1 Å². The summed E-state index contributed by atoms with van der Waals surface area (Å²) in [6.07, 6.45) is 5.59. The molecule has 96 valence electrons. The van der Waals surface area contributed by atoms with Crippen molar-refractivity contribution in [1.29, 1.82) is 5.26 Å². The summed E-state index contributed by atoms with van der Waals surface area (Å²) >= 11 is 0. The van der Waals surface area contributed by atoms with Crippen LogP contribution in [0.4, 0.5) is 0 Å². The third-order valence-electron chi connectivity index (χ3n) is 3.41. The summed E-state index contributed by atoms with van der Waals surface area (Å²) in [7, 11) is 0. The van der Waals surface area contributed by atoms with Gasteiger partial charge in [-0.15, -0.1) is 0 Å². The lowest BCUT2D eigenvalue weighted by atomic mass is 9.91. The van der Waals surface area contributed by atoms with Crippen molar-refractivity contribution >= 4 is 11.9 Å². The van der Waals surface area contributed by atoms with Crippen LogP contribution in [0.1, 0.15) is 27.5 Å². The van der Waals surface area contributed by atoms with Crippen LogP contribution in [0.15, 0.2) is 60.8 Å². The van der Waals surface area contributed by atoms with Crippen molar-refractivity contribution in [3.63, 3.8) is 0 Å². The van der Waals surface area contributed by atoms with Crippen LogP contribution in [0.2, 0.25) is 0 Å². The van der Waals surface area contributed by atoms with E-state index in [0.29, 0.717) is 5.56 Å². The van der Waals surface area contributed by atoms with Gasteiger partial charge in [0.15, 0.2) is 12.0 Å². The lowest BCUT2D eigenvalue weighted by Gasteiger charge is -2.28. The van der Waals surface area contributed by atoms with E-state index in [1.54, 1.807) is 18.3 Å². The van der Waals surface area contributed by atoms with E-state index in [1.165, 1.54) is 4.90 Å². The van der Waals surface area contributed by atoms with Crippen molar-refractivity contribution in [2.45, 2.75) is 6.04 Å². The molecular formula is C17H12N2O. The lowest BCUT2D eigenvalue weighted by Crippen LogP contribution is -2.29. The molecule has 1 aliphatic rings. The van der Waals surface area contributed by atoms with E-state index in [4.69, 9.17) is 0 Å². The number of benzene rings is 2. The molecule has 1 unspecified atom stereocenters. The highest BCUT2D eigenvalue weighted by molar-refractivity contribution is 6.01. The Morgan fingerprint density at radius 2 is 1.75 bits per heavy atom. The Hall–Kier alpha value is -2.86. The number of nitrogens with zero attached hydrogens (tertiary/aromatic N) is 2. The predicted octanol–water partition coefficient (Wildman–Crippen LogP) is 3.38. The zero-order valence-corrected chi connectivity index (χ0v) is 10.7. The van der Waals surface area contributed by atoms with Gasteiger partial charge in [-0.2, -0.15) is 5.26 Å². The number of rotatable bonds is 2. The second-order valence-corrected chi connectivity index (χ2v) is 4.58. The molecule has 0 spiro atoms. The molecule has 3 rings (SSSR count). The van der Waals surface area contributed by atoms with Crippen molar-refractivity contribution in [2.24, 2.45) is 0 Å². The van der Waals surface area contributed by atoms with Gasteiger partial charge < -0.3 is 0 Å². The normalized spacial score (nSPS) is 16.4. The molecule has 0 radical (unpaired) electrons. The third-order valence-corrected chi connectivity index (χ3v) is 3.41. The molecule has 1 atom stereocenters. The molecule has 0 saturated carbocycles. The van der Waals surface area contributed by atoms with Gasteiger partial charge in [-0.1, -0.05) is 54.6 Å². The molecule has 20 heavy (non-hydrogen) atoms. The maximum absolute atomic E-state index is 12.7. The highest BCUT2D eigenvalue weighted by atomic mass is 16.1. The van der Waals surface area contributed by atoms with Gasteiger partial charge in [0.2, 0.25) is 0 Å². The number of carbonyl (C=O) groups excluding carboxylic acids is 1. The molecule has 0 N–H and O–H groups in total. The first-order valence-electron chi connectivity index (χ1n) is 6.36. The first-order valence-corrected chi connectivity index (χ1v) is 6.36. The smallest absolute Gasteiger partial charge is 0.190 e. The summed E-state index contributed by atoms with van der Waals surface area (Å²) < 4.78 is 0. The first kappa shape index (κ1) is 12.2. The summed E-state index contributed by atoms with van der Waals surface area (Å²) in [5.41, 5.74) is 2.46. The van der Waals surface area contributed by atoms with Crippen molar-refractivity contribution in [1.82, 2.24) is 4.90 Å². The molecule has 0 amide bonds. The van der Waals surface area contributed by atoms with Crippen molar-refractivity contribution in [2.75, 3.05) is 0 Å². The number of Topliss-reactive ketones (excluding diaryl/α,β-unsaturated/α-hetero) is 1. The number of nitriles is 1. The van der Waals surface area contributed by atoms with Gasteiger partial charge in [-0.3, -0.25) is 9.69 Å². The molecule has 3 nitrogen and oxygen atoms in total. The van der Waals surface area contributed by atoms with E-state index >= 15 is 0 Å². The molecular weight excluding hydrogens is 248 g/mol. The van der Waals surface area contributed by atoms with Crippen molar-refractivity contribution in [3.8, 4) is 6.19 Å². The van der Waals surface area contributed by atoms with Gasteiger partial charge in [-0.25, -0.2) is 0 Å². The van der Waals surface area contributed by atoms with Gasteiger partial charge >= 0.3 is 0 Å². The van der Waals surface area contributed by atoms with Crippen LogP contribution in [0.3, 0.4) is 0 Å². The minimum Gasteiger partial charge on any atom is -0.291 e. The summed E-state index contributed by atoms with van der Waals surface area (Å²) in [5.74, 6) is -0.0658. The molecule has 0 saturated heterocycles. The molecule has 0 fully saturated rings. The van der Waals surface area contributed by atoms with Crippen molar-refractivity contribution < 1.29 is 4.79 Å². The number of hydrogen-bond donors (Lipinski definition) is 0. The minimum atomic E-state index is -0.580. The van der Waals surface area contributed by atoms with E-state index in [2.05, 4.69) is 6.19 Å². The van der Waals surface area contributed by atoms with E-state index < -0.39 is 6.04 Å². The first-order chi connectivity index (χ1) is 9.81. The Kier molecular flexibility index (Phi) is 3.06. The van der Waals surface area contributed by atoms with Gasteiger partial charge in [0.1, 0.15) is 6.04 Å². The van der Waals surface area contributed by atoms with Gasteiger partial charge in [0, 0.05) is 11.8 Å². The number of hydrogen-bond acceptors (Lipinski definition) is 3. The fourth-order valence-corrected chi connectivity index (χ4v) is 2.43.